The maximum Gasteiger partial charge on any atom is 0.0892 e. The lowest BCUT2D eigenvalue weighted by Crippen LogP contribution is -2.28. The van der Waals surface area contributed by atoms with Crippen molar-refractivity contribution in [3.05, 3.63) is 18.0 Å². The van der Waals surface area contributed by atoms with E-state index < -0.39 is 0 Å². The summed E-state index contributed by atoms with van der Waals surface area (Å²) in [5, 5.41) is 4.17. The van der Waals surface area contributed by atoms with Gasteiger partial charge in [0.25, 0.3) is 0 Å². The Hall–Kier alpha value is -0.870. The van der Waals surface area contributed by atoms with E-state index in [1.807, 2.05) is 30.9 Å². The molecule has 13 heavy (non-hydrogen) atoms. The summed E-state index contributed by atoms with van der Waals surface area (Å²) < 4.78 is 7.28. The van der Waals surface area contributed by atoms with E-state index in [4.69, 9.17) is 10.5 Å². The summed E-state index contributed by atoms with van der Waals surface area (Å²) in [4.78, 5) is 0. The zero-order chi connectivity index (χ0) is 9.68. The molecule has 4 nitrogen and oxygen atoms in total. The molecule has 1 atom stereocenters. The van der Waals surface area contributed by atoms with Gasteiger partial charge in [-0.2, -0.15) is 5.10 Å². The van der Waals surface area contributed by atoms with Gasteiger partial charge in [-0.1, -0.05) is 0 Å². The SMILES string of the molecule is CCOC(CN)Cn1cc(C)cn1. The molecule has 4 heteroatoms. The molecule has 0 aliphatic rings. The van der Waals surface area contributed by atoms with Crippen LogP contribution in [-0.2, 0) is 11.3 Å². The highest BCUT2D eigenvalue weighted by Crippen LogP contribution is 1.98. The molecule has 0 aliphatic carbocycles. The Morgan fingerprint density at radius 2 is 2.46 bits per heavy atom. The number of aromatic nitrogens is 2. The number of nitrogens with zero attached hydrogens (tertiary/aromatic N) is 2. The Morgan fingerprint density at radius 3 is 2.92 bits per heavy atom. The lowest BCUT2D eigenvalue weighted by molar-refractivity contribution is 0.0542. The fraction of sp³-hybridized carbons (Fsp3) is 0.667. The molecule has 74 valence electrons. The average Bonchev–Trinajstić information content (AvgIpc) is 2.50. The van der Waals surface area contributed by atoms with Gasteiger partial charge < -0.3 is 10.5 Å². The van der Waals surface area contributed by atoms with Crippen LogP contribution in [0.1, 0.15) is 12.5 Å². The minimum atomic E-state index is 0.0734. The van der Waals surface area contributed by atoms with Crippen LogP contribution in [0, 0.1) is 6.92 Å². The molecule has 0 radical (unpaired) electrons. The van der Waals surface area contributed by atoms with Crippen molar-refractivity contribution in [1.29, 1.82) is 0 Å². The Morgan fingerprint density at radius 1 is 1.69 bits per heavy atom. The van der Waals surface area contributed by atoms with Crippen LogP contribution in [0.25, 0.3) is 0 Å². The first-order valence-corrected chi connectivity index (χ1v) is 4.57. The molecule has 1 heterocycles. The predicted molar refractivity (Wildman–Crippen MR) is 51.4 cm³/mol. The van der Waals surface area contributed by atoms with Crippen LogP contribution >= 0.6 is 0 Å². The van der Waals surface area contributed by atoms with Crippen LogP contribution in [0.15, 0.2) is 12.4 Å². The summed E-state index contributed by atoms with van der Waals surface area (Å²) in [7, 11) is 0. The first-order chi connectivity index (χ1) is 6.26. The van der Waals surface area contributed by atoms with Crippen molar-refractivity contribution in [1.82, 2.24) is 9.78 Å². The lowest BCUT2D eigenvalue weighted by atomic mass is 10.3. The van der Waals surface area contributed by atoms with Gasteiger partial charge in [0, 0.05) is 19.3 Å². The van der Waals surface area contributed by atoms with Crippen molar-refractivity contribution in [2.75, 3.05) is 13.2 Å². The maximum atomic E-state index is 5.55. The smallest absolute Gasteiger partial charge is 0.0892 e. The number of hydrogen-bond donors (Lipinski definition) is 1. The summed E-state index contributed by atoms with van der Waals surface area (Å²) in [6.45, 7) is 5.95. The van der Waals surface area contributed by atoms with E-state index in [-0.39, 0.29) is 6.10 Å². The van der Waals surface area contributed by atoms with Crippen molar-refractivity contribution < 1.29 is 4.74 Å². The van der Waals surface area contributed by atoms with Crippen molar-refractivity contribution in [2.24, 2.45) is 5.73 Å². The van der Waals surface area contributed by atoms with E-state index in [1.165, 1.54) is 0 Å². The third-order valence-corrected chi connectivity index (χ3v) is 1.82. The molecule has 1 rings (SSSR count). The molecule has 1 aromatic heterocycles. The minimum absolute atomic E-state index is 0.0734. The molecular formula is C9H17N3O. The molecule has 0 bridgehead atoms. The van der Waals surface area contributed by atoms with Gasteiger partial charge in [0.2, 0.25) is 0 Å². The van der Waals surface area contributed by atoms with Gasteiger partial charge in [-0.05, 0) is 19.4 Å². The van der Waals surface area contributed by atoms with Crippen molar-refractivity contribution in [3.63, 3.8) is 0 Å². The number of hydrogen-bond acceptors (Lipinski definition) is 3. The Bertz CT molecular complexity index is 247. The second-order valence-electron chi connectivity index (χ2n) is 3.05. The summed E-state index contributed by atoms with van der Waals surface area (Å²) in [6, 6.07) is 0. The second kappa shape index (κ2) is 4.99. The fourth-order valence-corrected chi connectivity index (χ4v) is 1.21. The zero-order valence-electron chi connectivity index (χ0n) is 8.23. The van der Waals surface area contributed by atoms with Gasteiger partial charge in [0.05, 0.1) is 18.8 Å². The topological polar surface area (TPSA) is 53.1 Å². The summed E-state index contributed by atoms with van der Waals surface area (Å²) >= 11 is 0. The van der Waals surface area contributed by atoms with Crippen LogP contribution < -0.4 is 5.73 Å². The highest BCUT2D eigenvalue weighted by molar-refractivity contribution is 4.99. The van der Waals surface area contributed by atoms with E-state index in [0.717, 1.165) is 12.1 Å². The van der Waals surface area contributed by atoms with Gasteiger partial charge in [-0.15, -0.1) is 0 Å². The van der Waals surface area contributed by atoms with Crippen molar-refractivity contribution in [3.8, 4) is 0 Å². The lowest BCUT2D eigenvalue weighted by Gasteiger charge is -2.14. The summed E-state index contributed by atoms with van der Waals surface area (Å²) in [5.74, 6) is 0. The summed E-state index contributed by atoms with van der Waals surface area (Å²) in [5.41, 5.74) is 6.71. The third kappa shape index (κ3) is 3.16. The Kier molecular flexibility index (Phi) is 3.92. The molecule has 0 fully saturated rings. The quantitative estimate of drug-likeness (QED) is 0.725. The molecule has 0 saturated carbocycles. The van der Waals surface area contributed by atoms with E-state index in [1.54, 1.807) is 0 Å². The van der Waals surface area contributed by atoms with Crippen molar-refractivity contribution >= 4 is 0 Å². The second-order valence-corrected chi connectivity index (χ2v) is 3.05. The summed E-state index contributed by atoms with van der Waals surface area (Å²) in [6.07, 6.45) is 3.89. The average molecular weight is 183 g/mol. The van der Waals surface area contributed by atoms with Gasteiger partial charge in [-0.3, -0.25) is 4.68 Å². The number of ether oxygens (including phenoxy) is 1. The number of rotatable bonds is 5. The highest BCUT2D eigenvalue weighted by Gasteiger charge is 2.06. The Labute approximate surface area is 78.7 Å². The largest absolute Gasteiger partial charge is 0.375 e. The van der Waals surface area contributed by atoms with Crippen LogP contribution in [-0.4, -0.2) is 29.0 Å². The fourth-order valence-electron chi connectivity index (χ4n) is 1.21. The molecule has 0 aliphatic heterocycles. The van der Waals surface area contributed by atoms with E-state index in [2.05, 4.69) is 5.10 Å². The molecule has 0 amide bonds. The standard InChI is InChI=1S/C9H17N3O/c1-3-13-9(4-10)7-12-6-8(2)5-11-12/h5-6,9H,3-4,7,10H2,1-2H3. The van der Waals surface area contributed by atoms with Gasteiger partial charge >= 0.3 is 0 Å². The molecule has 0 spiro atoms. The zero-order valence-corrected chi connectivity index (χ0v) is 8.23. The van der Waals surface area contributed by atoms with Crippen LogP contribution in [0.5, 0.6) is 0 Å². The van der Waals surface area contributed by atoms with Crippen molar-refractivity contribution in [2.45, 2.75) is 26.5 Å². The molecule has 1 unspecified atom stereocenters. The number of aryl methyl sites for hydroxylation is 1. The van der Waals surface area contributed by atoms with Crippen LogP contribution in [0.2, 0.25) is 0 Å². The predicted octanol–water partition coefficient (Wildman–Crippen LogP) is 0.555. The van der Waals surface area contributed by atoms with Gasteiger partial charge in [-0.25, -0.2) is 0 Å². The normalized spacial score (nSPS) is 13.2. The molecule has 0 aromatic carbocycles. The van der Waals surface area contributed by atoms with E-state index in [0.29, 0.717) is 13.2 Å². The molecule has 1 aromatic rings. The molecule has 0 saturated heterocycles. The maximum absolute atomic E-state index is 5.55. The first kappa shape index (κ1) is 10.2. The van der Waals surface area contributed by atoms with Gasteiger partial charge in [0.1, 0.15) is 0 Å². The van der Waals surface area contributed by atoms with Crippen LogP contribution in [0.3, 0.4) is 0 Å². The number of nitrogens with two attached hydrogens (primary N) is 1. The van der Waals surface area contributed by atoms with Gasteiger partial charge in [0.15, 0.2) is 0 Å². The third-order valence-electron chi connectivity index (χ3n) is 1.82. The van der Waals surface area contributed by atoms with E-state index >= 15 is 0 Å². The molecule has 2 N–H and O–H groups in total. The van der Waals surface area contributed by atoms with E-state index in [9.17, 15) is 0 Å². The first-order valence-electron chi connectivity index (χ1n) is 4.57. The highest BCUT2D eigenvalue weighted by atomic mass is 16.5. The molecular weight excluding hydrogens is 166 g/mol. The Balaban J connectivity index is 2.46. The minimum Gasteiger partial charge on any atom is -0.375 e. The monoisotopic (exact) mass is 183 g/mol. The van der Waals surface area contributed by atoms with Crippen LogP contribution in [0.4, 0.5) is 0 Å².